The number of hydrogen-bond acceptors (Lipinski definition) is 3. The van der Waals surface area contributed by atoms with Gasteiger partial charge < -0.3 is 9.64 Å². The van der Waals surface area contributed by atoms with E-state index in [4.69, 9.17) is 4.74 Å². The first-order chi connectivity index (χ1) is 7.62. The zero-order chi connectivity index (χ0) is 11.6. The van der Waals surface area contributed by atoms with Crippen LogP contribution in [0.5, 0.6) is 0 Å². The van der Waals surface area contributed by atoms with Crippen molar-refractivity contribution in [3.8, 4) is 0 Å². The molecule has 0 N–H and O–H groups in total. The number of nitrogens with zero attached hydrogens (tertiary/aromatic N) is 1. The molecule has 1 amide bonds. The van der Waals surface area contributed by atoms with Crippen LogP contribution in [0.4, 0.5) is 0 Å². The van der Waals surface area contributed by atoms with Crippen LogP contribution in [0, 0.1) is 0 Å². The summed E-state index contributed by atoms with van der Waals surface area (Å²) in [5.74, 6) is 0.207. The van der Waals surface area contributed by atoms with Crippen LogP contribution in [0.3, 0.4) is 0 Å². The van der Waals surface area contributed by atoms with Gasteiger partial charge in [0, 0.05) is 18.0 Å². The van der Waals surface area contributed by atoms with E-state index in [0.717, 1.165) is 4.88 Å². The molecule has 1 aromatic heterocycles. The molecule has 0 radical (unpaired) electrons. The lowest BCUT2D eigenvalue weighted by atomic mass is 9.89. The lowest BCUT2D eigenvalue weighted by Gasteiger charge is -2.33. The average molecular weight is 239 g/mol. The predicted molar refractivity (Wildman–Crippen MR) is 64.7 cm³/mol. The van der Waals surface area contributed by atoms with Crippen LogP contribution in [0.2, 0.25) is 0 Å². The first-order valence-electron chi connectivity index (χ1n) is 5.53. The standard InChI is InChI=1S/C12H17NO2S/c1-12(2,10-4-3-9-16-10)11(14)13-5-7-15-8-6-13/h3-4,9H,5-8H2,1-2H3. The van der Waals surface area contributed by atoms with Crippen LogP contribution >= 0.6 is 11.3 Å². The fraction of sp³-hybridized carbons (Fsp3) is 0.583. The van der Waals surface area contributed by atoms with Gasteiger partial charge in [0.2, 0.25) is 5.91 Å². The molecule has 1 aliphatic rings. The molecule has 1 saturated heterocycles. The third kappa shape index (κ3) is 2.13. The lowest BCUT2D eigenvalue weighted by molar-refractivity contribution is -0.140. The molecule has 1 aliphatic heterocycles. The topological polar surface area (TPSA) is 29.5 Å². The molecule has 0 aliphatic carbocycles. The van der Waals surface area contributed by atoms with Gasteiger partial charge in [0.25, 0.3) is 0 Å². The SMILES string of the molecule is CC(C)(C(=O)N1CCOCC1)c1cccs1. The third-order valence-electron chi connectivity index (χ3n) is 2.97. The van der Waals surface area contributed by atoms with Crippen LogP contribution in [0.1, 0.15) is 18.7 Å². The van der Waals surface area contributed by atoms with E-state index in [2.05, 4.69) is 0 Å². The van der Waals surface area contributed by atoms with Crippen molar-refractivity contribution >= 4 is 17.2 Å². The van der Waals surface area contributed by atoms with Crippen LogP contribution in [0.15, 0.2) is 17.5 Å². The van der Waals surface area contributed by atoms with Crippen molar-refractivity contribution in [1.82, 2.24) is 4.90 Å². The van der Waals surface area contributed by atoms with Crippen LogP contribution in [-0.2, 0) is 14.9 Å². The van der Waals surface area contributed by atoms with Crippen LogP contribution in [0.25, 0.3) is 0 Å². The van der Waals surface area contributed by atoms with Crippen LogP contribution in [-0.4, -0.2) is 37.1 Å². The van der Waals surface area contributed by atoms with E-state index in [1.54, 1.807) is 11.3 Å². The van der Waals surface area contributed by atoms with Gasteiger partial charge in [0.1, 0.15) is 0 Å². The number of carbonyl (C=O) groups is 1. The first-order valence-corrected chi connectivity index (χ1v) is 6.41. The van der Waals surface area contributed by atoms with Crippen molar-refractivity contribution in [2.75, 3.05) is 26.3 Å². The summed E-state index contributed by atoms with van der Waals surface area (Å²) in [6.45, 7) is 6.74. The highest BCUT2D eigenvalue weighted by Gasteiger charge is 2.35. The van der Waals surface area contributed by atoms with Gasteiger partial charge in [-0.2, -0.15) is 0 Å². The summed E-state index contributed by atoms with van der Waals surface area (Å²) >= 11 is 1.64. The molecule has 0 saturated carbocycles. The molecule has 0 unspecified atom stereocenters. The highest BCUT2D eigenvalue weighted by molar-refractivity contribution is 7.10. The molecule has 3 nitrogen and oxygen atoms in total. The number of hydrogen-bond donors (Lipinski definition) is 0. The minimum atomic E-state index is -0.411. The Morgan fingerprint density at radius 1 is 1.44 bits per heavy atom. The van der Waals surface area contributed by atoms with E-state index in [1.165, 1.54) is 0 Å². The molecule has 1 fully saturated rings. The van der Waals surface area contributed by atoms with Crippen LogP contribution < -0.4 is 0 Å². The summed E-state index contributed by atoms with van der Waals surface area (Å²) in [6, 6.07) is 4.03. The van der Waals surface area contributed by atoms with Crippen molar-refractivity contribution in [2.24, 2.45) is 0 Å². The Hall–Kier alpha value is -0.870. The van der Waals surface area contributed by atoms with E-state index in [9.17, 15) is 4.79 Å². The van der Waals surface area contributed by atoms with Gasteiger partial charge in [-0.3, -0.25) is 4.79 Å². The van der Waals surface area contributed by atoms with E-state index in [-0.39, 0.29) is 5.91 Å². The van der Waals surface area contributed by atoms with Crippen molar-refractivity contribution in [3.63, 3.8) is 0 Å². The van der Waals surface area contributed by atoms with Gasteiger partial charge >= 0.3 is 0 Å². The van der Waals surface area contributed by atoms with Gasteiger partial charge in [-0.25, -0.2) is 0 Å². The molecule has 0 aromatic carbocycles. The second kappa shape index (κ2) is 4.55. The number of carbonyl (C=O) groups excluding carboxylic acids is 1. The normalized spacial score (nSPS) is 17.5. The third-order valence-corrected chi connectivity index (χ3v) is 4.16. The molecule has 4 heteroatoms. The molecule has 2 rings (SSSR count). The Morgan fingerprint density at radius 2 is 2.12 bits per heavy atom. The van der Waals surface area contributed by atoms with Crippen molar-refractivity contribution in [1.29, 1.82) is 0 Å². The van der Waals surface area contributed by atoms with E-state index in [0.29, 0.717) is 26.3 Å². The maximum atomic E-state index is 12.4. The van der Waals surface area contributed by atoms with Gasteiger partial charge in [0.05, 0.1) is 18.6 Å². The number of thiophene rings is 1. The van der Waals surface area contributed by atoms with Crippen molar-refractivity contribution in [3.05, 3.63) is 22.4 Å². The molecule has 88 valence electrons. The Morgan fingerprint density at radius 3 is 2.69 bits per heavy atom. The van der Waals surface area contributed by atoms with Gasteiger partial charge in [-0.1, -0.05) is 6.07 Å². The Balaban J connectivity index is 2.13. The summed E-state index contributed by atoms with van der Waals surface area (Å²) in [4.78, 5) is 15.4. The maximum absolute atomic E-state index is 12.4. The predicted octanol–water partition coefficient (Wildman–Crippen LogP) is 1.88. The average Bonchev–Trinajstić information content (AvgIpc) is 2.83. The van der Waals surface area contributed by atoms with E-state index >= 15 is 0 Å². The highest BCUT2D eigenvalue weighted by Crippen LogP contribution is 2.29. The summed E-state index contributed by atoms with van der Waals surface area (Å²) in [5.41, 5.74) is -0.411. The summed E-state index contributed by atoms with van der Waals surface area (Å²) in [5, 5.41) is 2.02. The quantitative estimate of drug-likeness (QED) is 0.788. The van der Waals surface area contributed by atoms with Gasteiger partial charge in [-0.15, -0.1) is 11.3 Å². The number of morpholine rings is 1. The molecule has 0 bridgehead atoms. The van der Waals surface area contributed by atoms with Crippen molar-refractivity contribution < 1.29 is 9.53 Å². The Bertz CT molecular complexity index is 353. The molecule has 16 heavy (non-hydrogen) atoms. The molecule has 0 spiro atoms. The summed E-state index contributed by atoms with van der Waals surface area (Å²) < 4.78 is 5.26. The smallest absolute Gasteiger partial charge is 0.233 e. The van der Waals surface area contributed by atoms with Crippen molar-refractivity contribution in [2.45, 2.75) is 19.3 Å². The second-order valence-electron chi connectivity index (χ2n) is 4.51. The number of amides is 1. The monoisotopic (exact) mass is 239 g/mol. The summed E-state index contributed by atoms with van der Waals surface area (Å²) in [6.07, 6.45) is 0. The van der Waals surface area contributed by atoms with E-state index in [1.807, 2.05) is 36.3 Å². The minimum Gasteiger partial charge on any atom is -0.378 e. The lowest BCUT2D eigenvalue weighted by Crippen LogP contribution is -2.48. The number of ether oxygens (including phenoxy) is 1. The molecular weight excluding hydrogens is 222 g/mol. The van der Waals surface area contributed by atoms with Gasteiger partial charge in [0.15, 0.2) is 0 Å². The van der Waals surface area contributed by atoms with E-state index < -0.39 is 5.41 Å². The number of rotatable bonds is 2. The molecule has 2 heterocycles. The maximum Gasteiger partial charge on any atom is 0.233 e. The molecular formula is C12H17NO2S. The van der Waals surface area contributed by atoms with Gasteiger partial charge in [-0.05, 0) is 25.3 Å². The second-order valence-corrected chi connectivity index (χ2v) is 5.45. The fourth-order valence-corrected chi connectivity index (χ4v) is 2.74. The molecule has 1 aromatic rings. The summed E-state index contributed by atoms with van der Waals surface area (Å²) in [7, 11) is 0. The Kier molecular flexibility index (Phi) is 3.30. The zero-order valence-corrected chi connectivity index (χ0v) is 10.5. The largest absolute Gasteiger partial charge is 0.378 e. The minimum absolute atomic E-state index is 0.207. The first kappa shape index (κ1) is 11.6. The molecule has 0 atom stereocenters. The highest BCUT2D eigenvalue weighted by atomic mass is 32.1. The zero-order valence-electron chi connectivity index (χ0n) is 9.73. The Labute approximate surface area is 100 Å². The fourth-order valence-electron chi connectivity index (χ4n) is 1.90.